The minimum Gasteiger partial charge on any atom is -0.256 e. The van der Waals surface area contributed by atoms with Crippen LogP contribution in [0.15, 0.2) is 92.9 Å². The van der Waals surface area contributed by atoms with Gasteiger partial charge in [-0.05, 0) is 148 Å². The van der Waals surface area contributed by atoms with Crippen molar-refractivity contribution in [3.8, 4) is 11.3 Å². The Balaban J connectivity index is 1.20. The first-order valence-electron chi connectivity index (χ1n) is 13.9. The summed E-state index contributed by atoms with van der Waals surface area (Å²) in [6.07, 6.45) is 17.2. The zero-order valence-corrected chi connectivity index (χ0v) is 26.8. The highest BCUT2D eigenvalue weighted by Gasteiger charge is 2.28. The number of rotatable bonds is 10. The molecular formula is C33H34Br3N3. The standard InChI is InChI=1S/C33H34Br3N3/c34-30-4-2-1-3-29(30)31-14-11-23(20-37-31)5-8-26-17-27(9-6-24-12-15-32(35)38-21-24)19-28(18-26)10-7-25-13-16-33(36)39-22-25/h1-4,11-16,20-22,26-28H,5-10,17-19H2/t26?,27-,28+. The quantitative estimate of drug-likeness (QED) is 0.154. The molecule has 0 saturated heterocycles. The lowest BCUT2D eigenvalue weighted by atomic mass is 9.70. The number of hydrogen-bond acceptors (Lipinski definition) is 3. The molecule has 0 amide bonds. The van der Waals surface area contributed by atoms with Gasteiger partial charge in [0.05, 0.1) is 5.69 Å². The minimum atomic E-state index is 0.766. The Morgan fingerprint density at radius 1 is 0.538 bits per heavy atom. The molecule has 202 valence electrons. The number of aromatic nitrogens is 3. The Morgan fingerprint density at radius 3 is 1.41 bits per heavy atom. The lowest BCUT2D eigenvalue weighted by molar-refractivity contribution is 0.172. The largest absolute Gasteiger partial charge is 0.256 e. The van der Waals surface area contributed by atoms with Gasteiger partial charge in [0.2, 0.25) is 0 Å². The SMILES string of the molecule is Brc1ccc(CC[C@@H]2CC(CCc3ccc(-c4ccccc4Br)nc3)C[C@H](CCc3ccc(Br)nc3)C2)cn1. The third-order valence-electron chi connectivity index (χ3n) is 8.08. The Hall–Kier alpha value is -1.89. The molecule has 1 aromatic carbocycles. The van der Waals surface area contributed by atoms with E-state index in [1.807, 2.05) is 18.5 Å². The highest BCUT2D eigenvalue weighted by atomic mass is 79.9. The average Bonchev–Trinajstić information content (AvgIpc) is 2.96. The van der Waals surface area contributed by atoms with E-state index in [-0.39, 0.29) is 0 Å². The van der Waals surface area contributed by atoms with Gasteiger partial charge in [-0.2, -0.15) is 0 Å². The van der Waals surface area contributed by atoms with Crippen molar-refractivity contribution in [1.29, 1.82) is 0 Å². The second-order valence-corrected chi connectivity index (χ2v) is 13.4. The van der Waals surface area contributed by atoms with Crippen molar-refractivity contribution in [3.63, 3.8) is 0 Å². The number of aryl methyl sites for hydroxylation is 3. The summed E-state index contributed by atoms with van der Waals surface area (Å²) < 4.78 is 2.90. The summed E-state index contributed by atoms with van der Waals surface area (Å²) in [4.78, 5) is 13.7. The maximum atomic E-state index is 4.79. The van der Waals surface area contributed by atoms with E-state index in [4.69, 9.17) is 4.98 Å². The van der Waals surface area contributed by atoms with Crippen LogP contribution in [0.3, 0.4) is 0 Å². The van der Waals surface area contributed by atoms with Crippen LogP contribution in [-0.4, -0.2) is 15.0 Å². The number of nitrogens with zero attached hydrogens (tertiary/aromatic N) is 3. The van der Waals surface area contributed by atoms with Gasteiger partial charge >= 0.3 is 0 Å². The maximum absolute atomic E-state index is 4.79. The molecule has 0 bridgehead atoms. The molecule has 0 spiro atoms. The zero-order valence-electron chi connectivity index (χ0n) is 22.1. The Labute approximate surface area is 257 Å². The summed E-state index contributed by atoms with van der Waals surface area (Å²) in [5.41, 5.74) is 6.19. The Bertz CT molecular complexity index is 1270. The van der Waals surface area contributed by atoms with Gasteiger partial charge in [0.15, 0.2) is 0 Å². The number of benzene rings is 1. The van der Waals surface area contributed by atoms with Gasteiger partial charge in [-0.25, -0.2) is 9.97 Å². The molecule has 39 heavy (non-hydrogen) atoms. The van der Waals surface area contributed by atoms with Crippen molar-refractivity contribution in [2.75, 3.05) is 0 Å². The first-order chi connectivity index (χ1) is 19.0. The van der Waals surface area contributed by atoms with Crippen molar-refractivity contribution in [1.82, 2.24) is 15.0 Å². The van der Waals surface area contributed by atoms with Crippen LogP contribution in [0.2, 0.25) is 0 Å². The Morgan fingerprint density at radius 2 is 1.00 bits per heavy atom. The minimum absolute atomic E-state index is 0.766. The van der Waals surface area contributed by atoms with E-state index in [1.165, 1.54) is 55.2 Å². The molecule has 4 aromatic rings. The van der Waals surface area contributed by atoms with Crippen LogP contribution < -0.4 is 0 Å². The van der Waals surface area contributed by atoms with Gasteiger partial charge in [-0.15, -0.1) is 0 Å². The molecule has 1 fully saturated rings. The fraction of sp³-hybridized carbons (Fsp3) is 0.364. The van der Waals surface area contributed by atoms with Crippen molar-refractivity contribution < 1.29 is 0 Å². The normalized spacial score (nSPS) is 19.2. The second kappa shape index (κ2) is 14.1. The summed E-state index contributed by atoms with van der Waals surface area (Å²) >= 11 is 10.6. The predicted octanol–water partition coefficient (Wildman–Crippen LogP) is 10.1. The summed E-state index contributed by atoms with van der Waals surface area (Å²) in [5, 5.41) is 0. The van der Waals surface area contributed by atoms with Crippen LogP contribution in [0.5, 0.6) is 0 Å². The second-order valence-electron chi connectivity index (χ2n) is 10.9. The van der Waals surface area contributed by atoms with Crippen molar-refractivity contribution in [2.24, 2.45) is 17.8 Å². The van der Waals surface area contributed by atoms with E-state index in [0.717, 1.165) is 62.0 Å². The highest BCUT2D eigenvalue weighted by Crippen LogP contribution is 2.40. The molecule has 1 aliphatic carbocycles. The molecule has 0 radical (unpaired) electrons. The monoisotopic (exact) mass is 709 g/mol. The van der Waals surface area contributed by atoms with Crippen LogP contribution in [-0.2, 0) is 19.3 Å². The van der Waals surface area contributed by atoms with Crippen LogP contribution in [0.4, 0.5) is 0 Å². The van der Waals surface area contributed by atoms with E-state index < -0.39 is 0 Å². The molecule has 0 aliphatic heterocycles. The third kappa shape index (κ3) is 8.55. The van der Waals surface area contributed by atoms with E-state index in [9.17, 15) is 0 Å². The molecule has 5 rings (SSSR count). The lowest BCUT2D eigenvalue weighted by Crippen LogP contribution is -2.24. The molecule has 6 heteroatoms. The molecule has 3 atom stereocenters. The molecular weight excluding hydrogens is 678 g/mol. The molecule has 3 heterocycles. The molecule has 1 unspecified atom stereocenters. The summed E-state index contributed by atoms with van der Waals surface area (Å²) in [6.45, 7) is 0. The Kier molecular flexibility index (Phi) is 10.4. The van der Waals surface area contributed by atoms with E-state index in [2.05, 4.69) is 119 Å². The third-order valence-corrected chi connectivity index (χ3v) is 9.71. The fourth-order valence-electron chi connectivity index (χ4n) is 6.03. The van der Waals surface area contributed by atoms with Crippen LogP contribution in [0.25, 0.3) is 11.3 Å². The molecule has 0 N–H and O–H groups in total. The smallest absolute Gasteiger partial charge is 0.106 e. The topological polar surface area (TPSA) is 38.7 Å². The first kappa shape index (κ1) is 28.6. The first-order valence-corrected chi connectivity index (χ1v) is 16.3. The van der Waals surface area contributed by atoms with E-state index in [0.29, 0.717) is 0 Å². The summed E-state index contributed by atoms with van der Waals surface area (Å²) in [6, 6.07) is 21.3. The van der Waals surface area contributed by atoms with Gasteiger partial charge in [0.1, 0.15) is 9.21 Å². The molecule has 1 aliphatic rings. The summed E-state index contributed by atoms with van der Waals surface area (Å²) in [7, 11) is 0. The van der Waals surface area contributed by atoms with Crippen LogP contribution in [0, 0.1) is 17.8 Å². The van der Waals surface area contributed by atoms with Crippen LogP contribution in [0.1, 0.15) is 55.2 Å². The zero-order chi connectivity index (χ0) is 27.0. The van der Waals surface area contributed by atoms with Crippen molar-refractivity contribution in [2.45, 2.75) is 57.8 Å². The van der Waals surface area contributed by atoms with Crippen LogP contribution >= 0.6 is 47.8 Å². The van der Waals surface area contributed by atoms with Gasteiger partial charge < -0.3 is 0 Å². The van der Waals surface area contributed by atoms with Gasteiger partial charge in [0, 0.05) is 28.6 Å². The fourth-order valence-corrected chi connectivity index (χ4v) is 6.99. The lowest BCUT2D eigenvalue weighted by Gasteiger charge is -2.35. The summed E-state index contributed by atoms with van der Waals surface area (Å²) in [5.74, 6) is 2.32. The van der Waals surface area contributed by atoms with Gasteiger partial charge in [-0.3, -0.25) is 4.98 Å². The van der Waals surface area contributed by atoms with E-state index in [1.54, 1.807) is 0 Å². The molecule has 1 saturated carbocycles. The number of pyridine rings is 3. The number of hydrogen-bond donors (Lipinski definition) is 0. The van der Waals surface area contributed by atoms with Gasteiger partial charge in [-0.1, -0.05) is 52.3 Å². The maximum Gasteiger partial charge on any atom is 0.106 e. The van der Waals surface area contributed by atoms with Gasteiger partial charge in [0.25, 0.3) is 0 Å². The van der Waals surface area contributed by atoms with Crippen molar-refractivity contribution in [3.05, 3.63) is 110 Å². The average molecular weight is 712 g/mol. The predicted molar refractivity (Wildman–Crippen MR) is 171 cm³/mol. The number of halogens is 3. The molecule has 3 aromatic heterocycles. The highest BCUT2D eigenvalue weighted by molar-refractivity contribution is 9.11. The van der Waals surface area contributed by atoms with Crippen molar-refractivity contribution >= 4 is 47.8 Å². The molecule has 3 nitrogen and oxygen atoms in total. The van der Waals surface area contributed by atoms with E-state index >= 15 is 0 Å².